The molecule has 1 fully saturated rings. The summed E-state index contributed by atoms with van der Waals surface area (Å²) in [6.07, 6.45) is 1.94. The van der Waals surface area contributed by atoms with Gasteiger partial charge in [0.2, 0.25) is 5.91 Å². The van der Waals surface area contributed by atoms with Gasteiger partial charge in [0.1, 0.15) is 5.75 Å². The molecule has 1 unspecified atom stereocenters. The Morgan fingerprint density at radius 2 is 2.04 bits per heavy atom. The van der Waals surface area contributed by atoms with Gasteiger partial charge in [0.05, 0.1) is 17.8 Å². The molecule has 24 heavy (non-hydrogen) atoms. The Balaban J connectivity index is 0.00000288. The summed E-state index contributed by atoms with van der Waals surface area (Å²) >= 11 is 0. The van der Waals surface area contributed by atoms with Crippen molar-refractivity contribution in [2.75, 3.05) is 26.0 Å². The molecule has 1 amide bonds. The summed E-state index contributed by atoms with van der Waals surface area (Å²) in [5.41, 5.74) is 0. The van der Waals surface area contributed by atoms with E-state index in [-0.39, 0.29) is 35.0 Å². The van der Waals surface area contributed by atoms with Crippen molar-refractivity contribution in [3.63, 3.8) is 0 Å². The number of hydrogen-bond acceptors (Lipinski definition) is 5. The third kappa shape index (κ3) is 5.65. The fourth-order valence-electron chi connectivity index (χ4n) is 2.60. The number of ether oxygens (including phenoxy) is 1. The van der Waals surface area contributed by atoms with Crippen molar-refractivity contribution < 1.29 is 17.9 Å². The predicted molar refractivity (Wildman–Crippen MR) is 95.5 cm³/mol. The normalized spacial score (nSPS) is 19.0. The Labute approximate surface area is 149 Å². The van der Waals surface area contributed by atoms with Crippen LogP contribution in [0.1, 0.15) is 19.8 Å². The first kappa shape index (κ1) is 20.7. The van der Waals surface area contributed by atoms with Crippen LogP contribution in [0.3, 0.4) is 0 Å². The van der Waals surface area contributed by atoms with Crippen LogP contribution in [-0.2, 0) is 14.6 Å². The van der Waals surface area contributed by atoms with Crippen LogP contribution in [0.5, 0.6) is 5.75 Å². The molecule has 2 rings (SSSR count). The van der Waals surface area contributed by atoms with Crippen LogP contribution in [0.15, 0.2) is 29.2 Å². The molecule has 1 aromatic rings. The minimum Gasteiger partial charge on any atom is -0.497 e. The molecule has 2 N–H and O–H groups in total. The Morgan fingerprint density at radius 1 is 1.38 bits per heavy atom. The Kier molecular flexibility index (Phi) is 7.99. The minimum atomic E-state index is -3.50. The first-order valence-corrected chi connectivity index (χ1v) is 9.45. The van der Waals surface area contributed by atoms with Crippen molar-refractivity contribution in [3.8, 4) is 5.75 Å². The van der Waals surface area contributed by atoms with E-state index in [0.29, 0.717) is 5.75 Å². The Hall–Kier alpha value is -1.31. The van der Waals surface area contributed by atoms with E-state index in [1.54, 1.807) is 19.1 Å². The van der Waals surface area contributed by atoms with Gasteiger partial charge in [-0.15, -0.1) is 12.4 Å². The smallest absolute Gasteiger partial charge is 0.224 e. The summed E-state index contributed by atoms with van der Waals surface area (Å²) in [5, 5.41) is 6.14. The number of piperidine rings is 1. The molecule has 2 atom stereocenters. The van der Waals surface area contributed by atoms with Crippen molar-refractivity contribution >= 4 is 28.2 Å². The molecule has 0 radical (unpaired) electrons. The third-order valence-electron chi connectivity index (χ3n) is 3.98. The van der Waals surface area contributed by atoms with Crippen molar-refractivity contribution in [2.45, 2.75) is 30.7 Å². The highest BCUT2D eigenvalue weighted by Crippen LogP contribution is 2.18. The molecule has 1 heterocycles. The van der Waals surface area contributed by atoms with Crippen LogP contribution in [0, 0.1) is 5.92 Å². The van der Waals surface area contributed by atoms with Crippen LogP contribution in [0.4, 0.5) is 0 Å². The number of carbonyl (C=O) groups is 1. The standard InChI is InChI=1S/C16H24N2O4S.ClH/c1-12(16(19)18-13-4-3-9-17-10-13)11-23(20,21)15-7-5-14(22-2)6-8-15;/h5-8,12-13,17H,3-4,9-11H2,1-2H3,(H,18,19);1H/t12?,13-;/m0./s1. The summed E-state index contributed by atoms with van der Waals surface area (Å²) in [5.74, 6) is -0.412. The average Bonchev–Trinajstić information content (AvgIpc) is 2.55. The first-order chi connectivity index (χ1) is 10.9. The Morgan fingerprint density at radius 3 is 2.58 bits per heavy atom. The number of benzene rings is 1. The second-order valence-electron chi connectivity index (χ2n) is 5.91. The van der Waals surface area contributed by atoms with Crippen molar-refractivity contribution in [3.05, 3.63) is 24.3 Å². The van der Waals surface area contributed by atoms with Gasteiger partial charge in [-0.2, -0.15) is 0 Å². The minimum absolute atomic E-state index is 0. The molecule has 0 bridgehead atoms. The molecule has 0 spiro atoms. The molecule has 0 saturated carbocycles. The second kappa shape index (κ2) is 9.25. The van der Waals surface area contributed by atoms with Gasteiger partial charge in [-0.25, -0.2) is 8.42 Å². The van der Waals surface area contributed by atoms with Crippen LogP contribution in [-0.4, -0.2) is 46.3 Å². The summed E-state index contributed by atoms with van der Waals surface area (Å²) < 4.78 is 29.8. The van der Waals surface area contributed by atoms with Gasteiger partial charge in [0.25, 0.3) is 0 Å². The van der Waals surface area contributed by atoms with Gasteiger partial charge >= 0.3 is 0 Å². The molecule has 0 aromatic heterocycles. The fourth-order valence-corrected chi connectivity index (χ4v) is 4.16. The highest BCUT2D eigenvalue weighted by molar-refractivity contribution is 7.91. The molecule has 1 aliphatic heterocycles. The zero-order valence-corrected chi connectivity index (χ0v) is 15.6. The number of sulfone groups is 1. The van der Waals surface area contributed by atoms with E-state index in [1.165, 1.54) is 19.2 Å². The predicted octanol–water partition coefficient (Wildman–Crippen LogP) is 1.39. The van der Waals surface area contributed by atoms with E-state index in [9.17, 15) is 13.2 Å². The molecule has 0 aliphatic carbocycles. The van der Waals surface area contributed by atoms with E-state index in [1.807, 2.05) is 0 Å². The number of halogens is 1. The second-order valence-corrected chi connectivity index (χ2v) is 7.94. The van der Waals surface area contributed by atoms with E-state index in [2.05, 4.69) is 10.6 Å². The molecule has 6 nitrogen and oxygen atoms in total. The lowest BCUT2D eigenvalue weighted by atomic mass is 10.1. The van der Waals surface area contributed by atoms with Gasteiger partial charge in [0.15, 0.2) is 9.84 Å². The molecule has 1 aromatic carbocycles. The number of nitrogens with one attached hydrogen (secondary N) is 2. The monoisotopic (exact) mass is 376 g/mol. The zero-order valence-electron chi connectivity index (χ0n) is 13.9. The van der Waals surface area contributed by atoms with Crippen LogP contribution < -0.4 is 15.4 Å². The number of amides is 1. The van der Waals surface area contributed by atoms with Gasteiger partial charge in [-0.05, 0) is 43.7 Å². The lowest BCUT2D eigenvalue weighted by Crippen LogP contribution is -2.47. The SMILES string of the molecule is COc1ccc(S(=O)(=O)CC(C)C(=O)N[C@H]2CCCNC2)cc1.Cl. The number of methoxy groups -OCH3 is 1. The van der Waals surface area contributed by atoms with E-state index < -0.39 is 15.8 Å². The summed E-state index contributed by atoms with van der Waals surface area (Å²) in [6.45, 7) is 3.35. The maximum absolute atomic E-state index is 12.4. The molecular weight excluding hydrogens is 352 g/mol. The maximum atomic E-state index is 12.4. The van der Waals surface area contributed by atoms with Crippen molar-refractivity contribution in [1.29, 1.82) is 0 Å². The summed E-state index contributed by atoms with van der Waals surface area (Å²) in [7, 11) is -1.98. The summed E-state index contributed by atoms with van der Waals surface area (Å²) in [6, 6.07) is 6.30. The van der Waals surface area contributed by atoms with E-state index >= 15 is 0 Å². The van der Waals surface area contributed by atoms with Crippen LogP contribution in [0.25, 0.3) is 0 Å². The largest absolute Gasteiger partial charge is 0.497 e. The molecule has 1 saturated heterocycles. The Bertz CT molecular complexity index is 628. The zero-order chi connectivity index (χ0) is 16.9. The summed E-state index contributed by atoms with van der Waals surface area (Å²) in [4.78, 5) is 12.4. The van der Waals surface area contributed by atoms with Crippen LogP contribution in [0.2, 0.25) is 0 Å². The first-order valence-electron chi connectivity index (χ1n) is 7.80. The van der Waals surface area contributed by atoms with Gasteiger partial charge < -0.3 is 15.4 Å². The van der Waals surface area contributed by atoms with Gasteiger partial charge in [-0.1, -0.05) is 6.92 Å². The number of carbonyl (C=O) groups excluding carboxylic acids is 1. The molecule has 136 valence electrons. The van der Waals surface area contributed by atoms with Crippen molar-refractivity contribution in [2.24, 2.45) is 5.92 Å². The molecule has 8 heteroatoms. The lowest BCUT2D eigenvalue weighted by Gasteiger charge is -2.25. The van der Waals surface area contributed by atoms with Gasteiger partial charge in [0, 0.05) is 18.5 Å². The molecule has 1 aliphatic rings. The van der Waals surface area contributed by atoms with Gasteiger partial charge in [-0.3, -0.25) is 4.79 Å². The quantitative estimate of drug-likeness (QED) is 0.783. The van der Waals surface area contributed by atoms with Crippen molar-refractivity contribution in [1.82, 2.24) is 10.6 Å². The maximum Gasteiger partial charge on any atom is 0.224 e. The van der Waals surface area contributed by atoms with Crippen LogP contribution >= 0.6 is 12.4 Å². The number of hydrogen-bond donors (Lipinski definition) is 2. The third-order valence-corrected chi connectivity index (χ3v) is 5.91. The number of rotatable bonds is 6. The fraction of sp³-hybridized carbons (Fsp3) is 0.562. The highest BCUT2D eigenvalue weighted by atomic mass is 35.5. The lowest BCUT2D eigenvalue weighted by molar-refractivity contribution is -0.124. The topological polar surface area (TPSA) is 84.5 Å². The van der Waals surface area contributed by atoms with E-state index in [4.69, 9.17) is 4.74 Å². The molecular formula is C16H25ClN2O4S. The average molecular weight is 377 g/mol. The van der Waals surface area contributed by atoms with E-state index in [0.717, 1.165) is 25.9 Å². The highest BCUT2D eigenvalue weighted by Gasteiger charge is 2.25.